The molecule has 1 aromatic rings. The Labute approximate surface area is 136 Å². The number of aliphatic hydroxyl groups excluding tert-OH is 1. The lowest BCUT2D eigenvalue weighted by atomic mass is 10.3. The molecule has 0 heterocycles. The van der Waals surface area contributed by atoms with Crippen LogP contribution in [0.25, 0.3) is 0 Å². The van der Waals surface area contributed by atoms with E-state index in [4.69, 9.17) is 32.7 Å². The molecule has 0 saturated heterocycles. The van der Waals surface area contributed by atoms with Gasteiger partial charge in [0, 0.05) is 30.8 Å². The van der Waals surface area contributed by atoms with Gasteiger partial charge in [-0.05, 0) is 18.6 Å². The second-order valence-corrected chi connectivity index (χ2v) is 5.55. The fourth-order valence-corrected chi connectivity index (χ4v) is 1.93. The van der Waals surface area contributed by atoms with Crippen LogP contribution in [-0.4, -0.2) is 44.1 Å². The van der Waals surface area contributed by atoms with Crippen molar-refractivity contribution < 1.29 is 14.6 Å². The van der Waals surface area contributed by atoms with E-state index in [-0.39, 0.29) is 6.61 Å². The Kier molecular flexibility index (Phi) is 9.79. The quantitative estimate of drug-likeness (QED) is 0.610. The number of hydrogen-bond donors (Lipinski definition) is 2. The molecule has 1 unspecified atom stereocenters. The van der Waals surface area contributed by atoms with E-state index >= 15 is 0 Å². The Bertz CT molecular complexity index is 405. The molecule has 0 spiro atoms. The van der Waals surface area contributed by atoms with Crippen molar-refractivity contribution in [3.63, 3.8) is 0 Å². The van der Waals surface area contributed by atoms with Crippen molar-refractivity contribution in [3.8, 4) is 5.75 Å². The van der Waals surface area contributed by atoms with Gasteiger partial charge in [0.1, 0.15) is 18.5 Å². The van der Waals surface area contributed by atoms with Crippen molar-refractivity contribution >= 4 is 23.2 Å². The van der Waals surface area contributed by atoms with Gasteiger partial charge in [-0.1, -0.05) is 36.5 Å². The summed E-state index contributed by atoms with van der Waals surface area (Å²) in [6.07, 6.45) is 1.60. The number of nitrogens with one attached hydrogen (secondary N) is 1. The first-order valence-electron chi connectivity index (χ1n) is 7.18. The first kappa shape index (κ1) is 18.5. The second kappa shape index (κ2) is 11.1. The molecule has 0 fully saturated rings. The molecule has 0 bridgehead atoms. The van der Waals surface area contributed by atoms with Gasteiger partial charge >= 0.3 is 0 Å². The molecule has 0 saturated carbocycles. The zero-order valence-electron chi connectivity index (χ0n) is 12.3. The number of unbranched alkanes of at least 4 members (excludes halogenated alkanes) is 1. The number of hydrogen-bond acceptors (Lipinski definition) is 4. The highest BCUT2D eigenvalue weighted by Crippen LogP contribution is 2.27. The highest BCUT2D eigenvalue weighted by atomic mass is 35.5. The predicted octanol–water partition coefficient (Wildman–Crippen LogP) is 3.14. The monoisotopic (exact) mass is 335 g/mol. The van der Waals surface area contributed by atoms with E-state index in [0.29, 0.717) is 35.5 Å². The smallest absolute Gasteiger partial charge is 0.139 e. The van der Waals surface area contributed by atoms with Gasteiger partial charge in [-0.25, -0.2) is 0 Å². The average Bonchev–Trinajstić information content (AvgIpc) is 2.47. The molecule has 21 heavy (non-hydrogen) atoms. The van der Waals surface area contributed by atoms with E-state index in [1.165, 1.54) is 0 Å². The van der Waals surface area contributed by atoms with E-state index in [0.717, 1.165) is 19.4 Å². The van der Waals surface area contributed by atoms with Crippen molar-refractivity contribution in [3.05, 3.63) is 28.2 Å². The van der Waals surface area contributed by atoms with Gasteiger partial charge in [0.15, 0.2) is 0 Å². The van der Waals surface area contributed by atoms with Crippen LogP contribution in [0.15, 0.2) is 18.2 Å². The van der Waals surface area contributed by atoms with Crippen molar-refractivity contribution in [2.75, 3.05) is 32.9 Å². The topological polar surface area (TPSA) is 50.7 Å². The molecule has 1 rings (SSSR count). The minimum Gasteiger partial charge on any atom is -0.489 e. The van der Waals surface area contributed by atoms with Gasteiger partial charge in [-0.15, -0.1) is 0 Å². The van der Waals surface area contributed by atoms with Crippen molar-refractivity contribution in [2.45, 2.75) is 25.9 Å². The lowest BCUT2D eigenvalue weighted by molar-refractivity contribution is 0.0982. The van der Waals surface area contributed by atoms with Crippen molar-refractivity contribution in [1.82, 2.24) is 5.32 Å². The third-order valence-electron chi connectivity index (χ3n) is 2.77. The zero-order chi connectivity index (χ0) is 15.5. The molecule has 120 valence electrons. The largest absolute Gasteiger partial charge is 0.489 e. The van der Waals surface area contributed by atoms with E-state index < -0.39 is 6.10 Å². The number of ether oxygens (including phenoxy) is 2. The fraction of sp³-hybridized carbons (Fsp3) is 0.600. The third-order valence-corrected chi connectivity index (χ3v) is 3.32. The fourth-order valence-electron chi connectivity index (χ4n) is 1.59. The number of rotatable bonds is 11. The molecule has 6 heteroatoms. The molecule has 0 radical (unpaired) electrons. The Morgan fingerprint density at radius 1 is 1.29 bits per heavy atom. The van der Waals surface area contributed by atoms with Crippen LogP contribution in [0, 0.1) is 0 Å². The van der Waals surface area contributed by atoms with Crippen LogP contribution in [0.5, 0.6) is 5.75 Å². The summed E-state index contributed by atoms with van der Waals surface area (Å²) < 4.78 is 10.9. The summed E-state index contributed by atoms with van der Waals surface area (Å²) in [5.74, 6) is 0.478. The number of halogens is 2. The van der Waals surface area contributed by atoms with Crippen LogP contribution < -0.4 is 10.1 Å². The van der Waals surface area contributed by atoms with E-state index in [1.54, 1.807) is 18.2 Å². The molecular formula is C15H23Cl2NO3. The van der Waals surface area contributed by atoms with Gasteiger partial charge in [0.05, 0.1) is 11.6 Å². The maximum absolute atomic E-state index is 9.81. The van der Waals surface area contributed by atoms with E-state index in [9.17, 15) is 5.11 Å². The first-order chi connectivity index (χ1) is 10.1. The maximum atomic E-state index is 9.81. The Hall–Kier alpha value is -0.520. The lowest BCUT2D eigenvalue weighted by Crippen LogP contribution is -2.33. The van der Waals surface area contributed by atoms with Crippen LogP contribution in [0.2, 0.25) is 10.0 Å². The van der Waals surface area contributed by atoms with E-state index in [1.807, 2.05) is 0 Å². The highest BCUT2D eigenvalue weighted by Gasteiger charge is 2.07. The minimum absolute atomic E-state index is 0.157. The van der Waals surface area contributed by atoms with Crippen LogP contribution in [0.4, 0.5) is 0 Å². The molecule has 1 atom stereocenters. The van der Waals surface area contributed by atoms with Gasteiger partial charge in [-0.2, -0.15) is 0 Å². The predicted molar refractivity (Wildman–Crippen MR) is 86.6 cm³/mol. The Balaban J connectivity index is 2.11. The summed E-state index contributed by atoms with van der Waals surface area (Å²) in [5, 5.41) is 13.9. The summed E-state index contributed by atoms with van der Waals surface area (Å²) in [6.45, 7) is 4.87. The lowest BCUT2D eigenvalue weighted by Gasteiger charge is -2.14. The number of benzene rings is 1. The summed E-state index contributed by atoms with van der Waals surface area (Å²) >= 11 is 11.8. The normalized spacial score (nSPS) is 12.4. The van der Waals surface area contributed by atoms with Crippen LogP contribution in [-0.2, 0) is 4.74 Å². The summed E-state index contributed by atoms with van der Waals surface area (Å²) in [5.41, 5.74) is 0. The average molecular weight is 336 g/mol. The zero-order valence-corrected chi connectivity index (χ0v) is 13.8. The van der Waals surface area contributed by atoms with Crippen molar-refractivity contribution in [2.24, 2.45) is 0 Å². The SMILES string of the molecule is CCCCOCCNCC(O)COc1cc(Cl)ccc1Cl. The first-order valence-corrected chi connectivity index (χ1v) is 7.93. The molecule has 0 aliphatic carbocycles. The summed E-state index contributed by atoms with van der Waals surface area (Å²) in [4.78, 5) is 0. The second-order valence-electron chi connectivity index (χ2n) is 4.71. The van der Waals surface area contributed by atoms with Crippen molar-refractivity contribution in [1.29, 1.82) is 0 Å². The van der Waals surface area contributed by atoms with Crippen LogP contribution in [0.1, 0.15) is 19.8 Å². The molecule has 0 aliphatic heterocycles. The molecule has 2 N–H and O–H groups in total. The standard InChI is InChI=1S/C15H23Cl2NO3/c1-2-3-7-20-8-6-18-10-13(19)11-21-15-9-12(16)4-5-14(15)17/h4-5,9,13,18-19H,2-3,6-8,10-11H2,1H3. The van der Waals surface area contributed by atoms with Gasteiger partial charge in [-0.3, -0.25) is 0 Å². The molecule has 0 aromatic heterocycles. The van der Waals surface area contributed by atoms with Gasteiger partial charge < -0.3 is 19.9 Å². The Morgan fingerprint density at radius 2 is 2.10 bits per heavy atom. The van der Waals surface area contributed by atoms with Crippen LogP contribution >= 0.6 is 23.2 Å². The van der Waals surface area contributed by atoms with Gasteiger partial charge in [0.2, 0.25) is 0 Å². The summed E-state index contributed by atoms with van der Waals surface area (Å²) in [7, 11) is 0. The minimum atomic E-state index is -0.615. The molecule has 0 amide bonds. The molecular weight excluding hydrogens is 313 g/mol. The van der Waals surface area contributed by atoms with Crippen LogP contribution in [0.3, 0.4) is 0 Å². The molecule has 4 nitrogen and oxygen atoms in total. The third kappa shape index (κ3) is 8.49. The Morgan fingerprint density at radius 3 is 2.86 bits per heavy atom. The van der Waals surface area contributed by atoms with Gasteiger partial charge in [0.25, 0.3) is 0 Å². The maximum Gasteiger partial charge on any atom is 0.139 e. The highest BCUT2D eigenvalue weighted by molar-refractivity contribution is 6.34. The molecule has 1 aromatic carbocycles. The summed E-state index contributed by atoms with van der Waals surface area (Å²) in [6, 6.07) is 4.98. The molecule has 0 aliphatic rings. The van der Waals surface area contributed by atoms with E-state index in [2.05, 4.69) is 12.2 Å². The number of aliphatic hydroxyl groups is 1.